The first-order valence-electron chi connectivity index (χ1n) is 9.31. The maximum absolute atomic E-state index is 5.33. The standard InChI is InChI=1S/C19H30N6O/c1-6-19(2,3)25-18(20-21-22-25)17(24-13-11-23(4)12-14-24)15-7-9-16(26-5)10-8-15/h7-10,17H,6,11-14H2,1-5H3. The highest BCUT2D eigenvalue weighted by atomic mass is 16.5. The lowest BCUT2D eigenvalue weighted by Crippen LogP contribution is -2.47. The number of nitrogens with zero attached hydrogens (tertiary/aromatic N) is 6. The van der Waals surface area contributed by atoms with Gasteiger partial charge in [0, 0.05) is 26.2 Å². The number of benzene rings is 1. The van der Waals surface area contributed by atoms with Crippen molar-refractivity contribution >= 4 is 0 Å². The third-order valence-electron chi connectivity index (χ3n) is 5.51. The minimum absolute atomic E-state index is 0.0374. The molecule has 7 heteroatoms. The molecule has 142 valence electrons. The lowest BCUT2D eigenvalue weighted by Gasteiger charge is -2.38. The van der Waals surface area contributed by atoms with Crippen LogP contribution in [0.15, 0.2) is 24.3 Å². The number of likely N-dealkylation sites (N-methyl/N-ethyl adjacent to an activating group) is 1. The molecule has 1 aromatic heterocycles. The summed E-state index contributed by atoms with van der Waals surface area (Å²) in [6.07, 6.45) is 0.961. The van der Waals surface area contributed by atoms with E-state index in [0.717, 1.165) is 44.2 Å². The van der Waals surface area contributed by atoms with Crippen LogP contribution in [0.4, 0.5) is 0 Å². The van der Waals surface area contributed by atoms with Crippen molar-refractivity contribution in [2.24, 2.45) is 0 Å². The Morgan fingerprint density at radius 1 is 1.12 bits per heavy atom. The zero-order chi connectivity index (χ0) is 18.7. The molecule has 1 saturated heterocycles. The fourth-order valence-corrected chi connectivity index (χ4v) is 3.33. The van der Waals surface area contributed by atoms with Crippen molar-refractivity contribution in [1.29, 1.82) is 0 Å². The summed E-state index contributed by atoms with van der Waals surface area (Å²) in [6, 6.07) is 8.31. The van der Waals surface area contributed by atoms with Crippen LogP contribution in [-0.2, 0) is 5.54 Å². The van der Waals surface area contributed by atoms with E-state index in [-0.39, 0.29) is 11.6 Å². The fraction of sp³-hybridized carbons (Fsp3) is 0.632. The SMILES string of the molecule is CCC(C)(C)n1nnnc1C(c1ccc(OC)cc1)N1CCN(C)CC1. The van der Waals surface area contributed by atoms with E-state index < -0.39 is 0 Å². The number of methoxy groups -OCH3 is 1. The zero-order valence-corrected chi connectivity index (χ0v) is 16.5. The largest absolute Gasteiger partial charge is 0.497 e. The molecule has 1 aliphatic heterocycles. The van der Waals surface area contributed by atoms with E-state index in [9.17, 15) is 0 Å². The monoisotopic (exact) mass is 358 g/mol. The first-order valence-corrected chi connectivity index (χ1v) is 9.31. The van der Waals surface area contributed by atoms with E-state index in [4.69, 9.17) is 4.74 Å². The highest BCUT2D eigenvalue weighted by Crippen LogP contribution is 2.32. The highest BCUT2D eigenvalue weighted by Gasteiger charge is 2.33. The summed E-state index contributed by atoms with van der Waals surface area (Å²) in [5.41, 5.74) is 1.06. The van der Waals surface area contributed by atoms with E-state index in [0.29, 0.717) is 0 Å². The van der Waals surface area contributed by atoms with E-state index in [1.54, 1.807) is 7.11 Å². The Morgan fingerprint density at radius 3 is 2.35 bits per heavy atom. The molecule has 26 heavy (non-hydrogen) atoms. The first-order chi connectivity index (χ1) is 12.5. The van der Waals surface area contributed by atoms with Gasteiger partial charge in [0.1, 0.15) is 5.75 Å². The number of aromatic nitrogens is 4. The molecule has 2 aromatic rings. The van der Waals surface area contributed by atoms with Crippen molar-refractivity contribution in [3.8, 4) is 5.75 Å². The van der Waals surface area contributed by atoms with Crippen LogP contribution in [0.25, 0.3) is 0 Å². The Kier molecular flexibility index (Phi) is 5.58. The summed E-state index contributed by atoms with van der Waals surface area (Å²) >= 11 is 0. The van der Waals surface area contributed by atoms with Crippen LogP contribution < -0.4 is 4.74 Å². The van der Waals surface area contributed by atoms with Gasteiger partial charge >= 0.3 is 0 Å². The number of ether oxygens (including phenoxy) is 1. The zero-order valence-electron chi connectivity index (χ0n) is 16.5. The molecule has 3 rings (SSSR count). The number of piperazine rings is 1. The molecule has 0 bridgehead atoms. The van der Waals surface area contributed by atoms with Crippen LogP contribution >= 0.6 is 0 Å². The van der Waals surface area contributed by atoms with Gasteiger partial charge in [-0.05, 0) is 55.4 Å². The smallest absolute Gasteiger partial charge is 0.173 e. The molecule has 1 aromatic carbocycles. The van der Waals surface area contributed by atoms with Gasteiger partial charge in [-0.2, -0.15) is 0 Å². The topological polar surface area (TPSA) is 59.3 Å². The van der Waals surface area contributed by atoms with Gasteiger partial charge < -0.3 is 9.64 Å². The molecule has 2 heterocycles. The normalized spacial score (nSPS) is 18.0. The van der Waals surface area contributed by atoms with Gasteiger partial charge in [-0.15, -0.1) is 5.10 Å². The molecule has 0 saturated carbocycles. The minimum Gasteiger partial charge on any atom is -0.497 e. The van der Waals surface area contributed by atoms with E-state index >= 15 is 0 Å². The van der Waals surface area contributed by atoms with Gasteiger partial charge in [-0.1, -0.05) is 19.1 Å². The number of hydrogen-bond acceptors (Lipinski definition) is 6. The van der Waals surface area contributed by atoms with Crippen LogP contribution in [-0.4, -0.2) is 70.3 Å². The maximum Gasteiger partial charge on any atom is 0.173 e. The molecule has 0 radical (unpaired) electrons. The van der Waals surface area contributed by atoms with E-state index in [1.165, 1.54) is 5.56 Å². The molecular weight excluding hydrogens is 328 g/mol. The third-order valence-corrected chi connectivity index (χ3v) is 5.51. The summed E-state index contributed by atoms with van der Waals surface area (Å²) in [7, 11) is 3.86. The molecule has 0 amide bonds. The van der Waals surface area contributed by atoms with E-state index in [1.807, 2.05) is 16.8 Å². The Morgan fingerprint density at radius 2 is 1.77 bits per heavy atom. The third kappa shape index (κ3) is 3.73. The Balaban J connectivity index is 2.02. The van der Waals surface area contributed by atoms with Crippen molar-refractivity contribution < 1.29 is 4.74 Å². The van der Waals surface area contributed by atoms with Gasteiger partial charge in [0.15, 0.2) is 5.82 Å². The van der Waals surface area contributed by atoms with Crippen LogP contribution in [0.1, 0.15) is 44.6 Å². The number of hydrogen-bond donors (Lipinski definition) is 0. The summed E-state index contributed by atoms with van der Waals surface area (Å²) < 4.78 is 7.33. The second-order valence-corrected chi connectivity index (χ2v) is 7.63. The van der Waals surface area contributed by atoms with Crippen molar-refractivity contribution in [3.05, 3.63) is 35.7 Å². The second kappa shape index (κ2) is 7.72. The Labute approximate surface area is 155 Å². The fourth-order valence-electron chi connectivity index (χ4n) is 3.33. The molecule has 0 N–H and O–H groups in total. The molecule has 1 aliphatic rings. The van der Waals surface area contributed by atoms with Crippen molar-refractivity contribution in [3.63, 3.8) is 0 Å². The van der Waals surface area contributed by atoms with Crippen molar-refractivity contribution in [1.82, 2.24) is 30.0 Å². The quantitative estimate of drug-likeness (QED) is 0.789. The Bertz CT molecular complexity index is 703. The molecule has 1 atom stereocenters. The first kappa shape index (κ1) is 18.8. The molecule has 7 nitrogen and oxygen atoms in total. The van der Waals surface area contributed by atoms with Gasteiger partial charge in [0.2, 0.25) is 0 Å². The molecular formula is C19H30N6O. The summed E-state index contributed by atoms with van der Waals surface area (Å²) in [5, 5.41) is 12.8. The summed E-state index contributed by atoms with van der Waals surface area (Å²) in [5.74, 6) is 1.77. The summed E-state index contributed by atoms with van der Waals surface area (Å²) in [4.78, 5) is 4.84. The van der Waals surface area contributed by atoms with Crippen LogP contribution in [0.5, 0.6) is 5.75 Å². The average molecular weight is 358 g/mol. The van der Waals surface area contributed by atoms with E-state index in [2.05, 4.69) is 65.3 Å². The molecule has 0 aliphatic carbocycles. The van der Waals surface area contributed by atoms with Crippen molar-refractivity contribution in [2.45, 2.75) is 38.8 Å². The maximum atomic E-state index is 5.33. The molecule has 0 spiro atoms. The summed E-state index contributed by atoms with van der Waals surface area (Å²) in [6.45, 7) is 10.6. The predicted molar refractivity (Wildman–Crippen MR) is 101 cm³/mol. The van der Waals surface area contributed by atoms with Crippen LogP contribution in [0.2, 0.25) is 0 Å². The van der Waals surface area contributed by atoms with Crippen LogP contribution in [0.3, 0.4) is 0 Å². The average Bonchev–Trinajstić information content (AvgIpc) is 3.14. The van der Waals surface area contributed by atoms with Crippen molar-refractivity contribution in [2.75, 3.05) is 40.3 Å². The number of rotatable bonds is 6. The lowest BCUT2D eigenvalue weighted by atomic mass is 9.99. The van der Waals surface area contributed by atoms with Gasteiger partial charge in [0.25, 0.3) is 0 Å². The minimum atomic E-state index is -0.129. The molecule has 1 fully saturated rings. The van der Waals surface area contributed by atoms with Gasteiger partial charge in [-0.3, -0.25) is 4.90 Å². The van der Waals surface area contributed by atoms with Gasteiger partial charge in [-0.25, -0.2) is 4.68 Å². The second-order valence-electron chi connectivity index (χ2n) is 7.63. The Hall–Kier alpha value is -1.99. The predicted octanol–water partition coefficient (Wildman–Crippen LogP) is 2.16. The lowest BCUT2D eigenvalue weighted by molar-refractivity contribution is 0.117. The molecule has 1 unspecified atom stereocenters. The van der Waals surface area contributed by atoms with Gasteiger partial charge in [0.05, 0.1) is 18.7 Å². The number of tetrazole rings is 1. The van der Waals surface area contributed by atoms with Crippen LogP contribution in [0, 0.1) is 0 Å². The highest BCUT2D eigenvalue weighted by molar-refractivity contribution is 5.32.